The zero-order chi connectivity index (χ0) is 21.3. The van der Waals surface area contributed by atoms with E-state index in [0.29, 0.717) is 55.0 Å². The summed E-state index contributed by atoms with van der Waals surface area (Å²) in [5.74, 6) is 0.763. The number of carbonyl (C=O) groups excluding carboxylic acids is 1. The van der Waals surface area contributed by atoms with Crippen molar-refractivity contribution in [2.24, 2.45) is 5.92 Å². The molecule has 1 saturated heterocycles. The monoisotopic (exact) mass is 424 g/mol. The second-order valence-corrected chi connectivity index (χ2v) is 8.46. The maximum atomic E-state index is 13.3. The maximum absolute atomic E-state index is 13.3. The predicted molar refractivity (Wildman–Crippen MR) is 120 cm³/mol. The van der Waals surface area contributed by atoms with E-state index in [1.54, 1.807) is 29.2 Å². The molecule has 0 radical (unpaired) electrons. The summed E-state index contributed by atoms with van der Waals surface area (Å²) in [5, 5.41) is 0.547. The molecule has 1 aliphatic heterocycles. The standard InChI is InChI=1S/C23H25ClN4O2/c1-16(2)15-28-20-9-4-3-8-19(20)25-21(23(28)30)26-10-12-27(13-11-26)22(29)17-6-5-7-18(24)14-17/h3-9,14,16H,10-13,15H2,1-2H3. The Morgan fingerprint density at radius 3 is 2.50 bits per heavy atom. The number of para-hydroxylation sites is 2. The minimum Gasteiger partial charge on any atom is -0.348 e. The average Bonchev–Trinajstić information content (AvgIpc) is 2.75. The molecular formula is C23H25ClN4O2. The molecule has 3 aromatic rings. The van der Waals surface area contributed by atoms with Crippen LogP contribution in [0.5, 0.6) is 0 Å². The number of carbonyl (C=O) groups is 1. The van der Waals surface area contributed by atoms with E-state index in [-0.39, 0.29) is 11.5 Å². The van der Waals surface area contributed by atoms with Crippen LogP contribution in [0.15, 0.2) is 53.3 Å². The van der Waals surface area contributed by atoms with E-state index in [1.165, 1.54) is 0 Å². The zero-order valence-electron chi connectivity index (χ0n) is 17.2. The molecule has 0 saturated carbocycles. The van der Waals surface area contributed by atoms with Gasteiger partial charge in [-0.2, -0.15) is 0 Å². The predicted octanol–water partition coefficient (Wildman–Crippen LogP) is 3.67. The van der Waals surface area contributed by atoms with Crippen LogP contribution in [0.4, 0.5) is 5.82 Å². The highest BCUT2D eigenvalue weighted by atomic mass is 35.5. The minimum atomic E-state index is -0.0722. The molecule has 30 heavy (non-hydrogen) atoms. The molecule has 4 rings (SSSR count). The zero-order valence-corrected chi connectivity index (χ0v) is 18.0. The number of benzene rings is 2. The van der Waals surface area contributed by atoms with Crippen molar-refractivity contribution in [1.82, 2.24) is 14.5 Å². The van der Waals surface area contributed by atoms with Gasteiger partial charge in [0.2, 0.25) is 0 Å². The van der Waals surface area contributed by atoms with E-state index >= 15 is 0 Å². The van der Waals surface area contributed by atoms with Gasteiger partial charge in [0.1, 0.15) is 0 Å². The van der Waals surface area contributed by atoms with Gasteiger partial charge in [-0.25, -0.2) is 4.98 Å². The van der Waals surface area contributed by atoms with E-state index < -0.39 is 0 Å². The van der Waals surface area contributed by atoms with Crippen molar-refractivity contribution in [3.05, 3.63) is 69.5 Å². The van der Waals surface area contributed by atoms with Crippen LogP contribution in [-0.4, -0.2) is 46.5 Å². The summed E-state index contributed by atoms with van der Waals surface area (Å²) in [4.78, 5) is 34.5. The van der Waals surface area contributed by atoms with E-state index in [9.17, 15) is 9.59 Å². The van der Waals surface area contributed by atoms with Gasteiger partial charge < -0.3 is 14.4 Å². The van der Waals surface area contributed by atoms with Crippen molar-refractivity contribution < 1.29 is 4.79 Å². The fraction of sp³-hybridized carbons (Fsp3) is 0.348. The summed E-state index contributed by atoms with van der Waals surface area (Å²) in [6, 6.07) is 14.7. The molecule has 2 aromatic carbocycles. The molecule has 2 heterocycles. The van der Waals surface area contributed by atoms with Crippen LogP contribution in [0.1, 0.15) is 24.2 Å². The largest absolute Gasteiger partial charge is 0.348 e. The number of hydrogen-bond acceptors (Lipinski definition) is 4. The van der Waals surface area contributed by atoms with Gasteiger partial charge in [0.05, 0.1) is 11.0 Å². The lowest BCUT2D eigenvalue weighted by Crippen LogP contribution is -2.50. The summed E-state index contributed by atoms with van der Waals surface area (Å²) in [7, 11) is 0. The van der Waals surface area contributed by atoms with Crippen LogP contribution < -0.4 is 10.5 Å². The van der Waals surface area contributed by atoms with Crippen LogP contribution in [0.25, 0.3) is 11.0 Å². The highest BCUT2D eigenvalue weighted by Gasteiger charge is 2.25. The first-order valence-corrected chi connectivity index (χ1v) is 10.6. The lowest BCUT2D eigenvalue weighted by molar-refractivity contribution is 0.0746. The third kappa shape index (κ3) is 4.05. The van der Waals surface area contributed by atoms with Crippen molar-refractivity contribution in [3.8, 4) is 0 Å². The molecule has 0 aliphatic carbocycles. The number of piperazine rings is 1. The number of fused-ring (bicyclic) bond motifs is 1. The Balaban J connectivity index is 1.58. The number of amides is 1. The van der Waals surface area contributed by atoms with E-state index in [1.807, 2.05) is 33.7 Å². The van der Waals surface area contributed by atoms with Gasteiger partial charge in [-0.05, 0) is 36.2 Å². The average molecular weight is 425 g/mol. The van der Waals surface area contributed by atoms with Crippen molar-refractivity contribution in [2.75, 3.05) is 31.1 Å². The van der Waals surface area contributed by atoms with Crippen LogP contribution in [0.3, 0.4) is 0 Å². The van der Waals surface area contributed by atoms with Crippen molar-refractivity contribution in [1.29, 1.82) is 0 Å². The fourth-order valence-electron chi connectivity index (χ4n) is 3.86. The number of aromatic nitrogens is 2. The summed E-state index contributed by atoms with van der Waals surface area (Å²) in [6.07, 6.45) is 0. The van der Waals surface area contributed by atoms with Crippen molar-refractivity contribution >= 4 is 34.4 Å². The Hall–Kier alpha value is -2.86. The Kier molecular flexibility index (Phi) is 5.77. The SMILES string of the molecule is CC(C)Cn1c(=O)c(N2CCN(C(=O)c3cccc(Cl)c3)CC2)nc2ccccc21. The first kappa shape index (κ1) is 20.4. The van der Waals surface area contributed by atoms with Crippen LogP contribution in [0.2, 0.25) is 5.02 Å². The first-order valence-electron chi connectivity index (χ1n) is 10.2. The fourth-order valence-corrected chi connectivity index (χ4v) is 4.05. The van der Waals surface area contributed by atoms with Crippen molar-refractivity contribution in [3.63, 3.8) is 0 Å². The Morgan fingerprint density at radius 1 is 1.07 bits per heavy atom. The summed E-state index contributed by atoms with van der Waals surface area (Å²) in [5.41, 5.74) is 2.18. The van der Waals surface area contributed by atoms with Crippen LogP contribution in [0, 0.1) is 5.92 Å². The van der Waals surface area contributed by atoms with Crippen LogP contribution >= 0.6 is 11.6 Å². The molecule has 1 fully saturated rings. The van der Waals surface area contributed by atoms with Crippen LogP contribution in [-0.2, 0) is 6.54 Å². The summed E-state index contributed by atoms with van der Waals surface area (Å²) >= 11 is 6.02. The molecule has 6 nitrogen and oxygen atoms in total. The Morgan fingerprint density at radius 2 is 1.80 bits per heavy atom. The van der Waals surface area contributed by atoms with E-state index in [4.69, 9.17) is 11.6 Å². The highest BCUT2D eigenvalue weighted by Crippen LogP contribution is 2.19. The molecule has 1 aliphatic rings. The molecule has 1 aromatic heterocycles. The topological polar surface area (TPSA) is 58.4 Å². The maximum Gasteiger partial charge on any atom is 0.294 e. The molecule has 0 bridgehead atoms. The van der Waals surface area contributed by atoms with E-state index in [2.05, 4.69) is 18.8 Å². The van der Waals surface area contributed by atoms with Gasteiger partial charge >= 0.3 is 0 Å². The molecule has 7 heteroatoms. The molecule has 1 amide bonds. The van der Waals surface area contributed by atoms with Gasteiger partial charge in [0.25, 0.3) is 11.5 Å². The number of anilines is 1. The van der Waals surface area contributed by atoms with Crippen molar-refractivity contribution in [2.45, 2.75) is 20.4 Å². The number of hydrogen-bond donors (Lipinski definition) is 0. The quantitative estimate of drug-likeness (QED) is 0.641. The smallest absolute Gasteiger partial charge is 0.294 e. The second kappa shape index (κ2) is 8.48. The lowest BCUT2D eigenvalue weighted by Gasteiger charge is -2.35. The van der Waals surface area contributed by atoms with Gasteiger partial charge in [-0.3, -0.25) is 9.59 Å². The normalized spacial score (nSPS) is 14.5. The number of halogens is 1. The molecule has 156 valence electrons. The second-order valence-electron chi connectivity index (χ2n) is 8.02. The number of nitrogens with zero attached hydrogens (tertiary/aromatic N) is 4. The van der Waals surface area contributed by atoms with Gasteiger partial charge in [0.15, 0.2) is 5.82 Å². The van der Waals surface area contributed by atoms with Gasteiger partial charge in [0, 0.05) is 43.3 Å². The lowest BCUT2D eigenvalue weighted by atomic mass is 10.2. The minimum absolute atomic E-state index is 0.0409. The summed E-state index contributed by atoms with van der Waals surface area (Å²) < 4.78 is 1.83. The highest BCUT2D eigenvalue weighted by molar-refractivity contribution is 6.30. The Bertz CT molecular complexity index is 1130. The summed E-state index contributed by atoms with van der Waals surface area (Å²) in [6.45, 7) is 7.03. The van der Waals surface area contributed by atoms with Gasteiger partial charge in [-0.1, -0.05) is 43.6 Å². The third-order valence-electron chi connectivity index (χ3n) is 5.32. The van der Waals surface area contributed by atoms with Gasteiger partial charge in [-0.15, -0.1) is 0 Å². The first-order chi connectivity index (χ1) is 14.4. The van der Waals surface area contributed by atoms with E-state index in [0.717, 1.165) is 11.0 Å². The third-order valence-corrected chi connectivity index (χ3v) is 5.56. The molecular weight excluding hydrogens is 400 g/mol. The molecule has 0 atom stereocenters. The molecule has 0 unspecified atom stereocenters. The molecule has 0 spiro atoms. The molecule has 0 N–H and O–H groups in total. The number of rotatable bonds is 4. The Labute approximate surface area is 180 Å².